The maximum atomic E-state index is 14.3. The van der Waals surface area contributed by atoms with E-state index in [1.54, 1.807) is 48.4 Å². The van der Waals surface area contributed by atoms with E-state index in [0.717, 1.165) is 5.69 Å². The van der Waals surface area contributed by atoms with Crippen molar-refractivity contribution in [2.75, 3.05) is 7.11 Å². The highest BCUT2D eigenvalue weighted by molar-refractivity contribution is 5.68. The van der Waals surface area contributed by atoms with Crippen LogP contribution in [0.1, 0.15) is 25.6 Å². The van der Waals surface area contributed by atoms with E-state index in [-0.39, 0.29) is 18.6 Å². The molecule has 166 valence electrons. The Kier molecular flexibility index (Phi) is 4.79. The van der Waals surface area contributed by atoms with Crippen LogP contribution in [0.4, 0.5) is 8.78 Å². The molecule has 0 saturated carbocycles. The summed E-state index contributed by atoms with van der Waals surface area (Å²) in [6, 6.07) is 4.21. The number of halogens is 2. The first kappa shape index (κ1) is 20.7. The zero-order chi connectivity index (χ0) is 22.5. The van der Waals surface area contributed by atoms with Gasteiger partial charge in [-0.25, -0.2) is 18.7 Å². The molecule has 10 heteroatoms. The lowest BCUT2D eigenvalue weighted by atomic mass is 9.85. The lowest BCUT2D eigenvalue weighted by molar-refractivity contribution is -0.0127. The number of ether oxygens (including phenoxy) is 1. The summed E-state index contributed by atoms with van der Waals surface area (Å²) in [5.74, 6) is -2.47. The minimum absolute atomic E-state index is 0.0305. The molecule has 3 atom stereocenters. The number of nitrogens with one attached hydrogen (secondary N) is 1. The highest BCUT2D eigenvalue weighted by Gasteiger charge is 2.61. The molecule has 4 heterocycles. The molecule has 2 N–H and O–H groups in total. The van der Waals surface area contributed by atoms with Gasteiger partial charge in [-0.15, -0.1) is 10.2 Å². The maximum absolute atomic E-state index is 14.3. The molecule has 5 rings (SSSR count). The van der Waals surface area contributed by atoms with Gasteiger partial charge >= 0.3 is 0 Å². The molecule has 2 aliphatic rings. The minimum Gasteiger partial charge on any atom is -0.507 e. The summed E-state index contributed by atoms with van der Waals surface area (Å²) >= 11 is 0. The van der Waals surface area contributed by atoms with Crippen molar-refractivity contribution < 1.29 is 18.6 Å². The lowest BCUT2D eigenvalue weighted by Gasteiger charge is -2.39. The van der Waals surface area contributed by atoms with E-state index < -0.39 is 23.6 Å². The minimum atomic E-state index is -2.80. The highest BCUT2D eigenvalue weighted by atomic mass is 19.3. The SMILES string of the molecule is CO[C@@H]1/C(=C\c2ncc(-c3ccc(-n4ccnc4)cc3O)nn2)C[C@H]2N[C@]1(C)CC2(F)F. The van der Waals surface area contributed by atoms with Crippen LogP contribution >= 0.6 is 0 Å². The van der Waals surface area contributed by atoms with Crippen LogP contribution in [0.3, 0.4) is 0 Å². The van der Waals surface area contributed by atoms with E-state index >= 15 is 0 Å². The Labute approximate surface area is 183 Å². The van der Waals surface area contributed by atoms with E-state index in [1.165, 1.54) is 13.3 Å². The van der Waals surface area contributed by atoms with E-state index in [2.05, 4.69) is 25.5 Å². The number of aromatic hydroxyl groups is 1. The molecule has 0 radical (unpaired) electrons. The van der Waals surface area contributed by atoms with Crippen molar-refractivity contribution in [1.82, 2.24) is 30.0 Å². The number of phenols is 1. The van der Waals surface area contributed by atoms with Gasteiger partial charge in [-0.05, 0) is 37.1 Å². The van der Waals surface area contributed by atoms with Crippen LogP contribution in [0.5, 0.6) is 5.75 Å². The summed E-state index contributed by atoms with van der Waals surface area (Å²) in [6.45, 7) is 1.75. The van der Waals surface area contributed by atoms with E-state index in [0.29, 0.717) is 22.7 Å². The molecular weight excluding hydrogens is 418 g/mol. The molecule has 2 aliphatic heterocycles. The summed E-state index contributed by atoms with van der Waals surface area (Å²) in [4.78, 5) is 8.31. The summed E-state index contributed by atoms with van der Waals surface area (Å²) in [7, 11) is 1.51. The number of rotatable bonds is 4. The monoisotopic (exact) mass is 440 g/mol. The molecule has 32 heavy (non-hydrogen) atoms. The fourth-order valence-corrected chi connectivity index (χ4v) is 4.78. The summed E-state index contributed by atoms with van der Waals surface area (Å²) in [6.07, 6.45) is 7.56. The smallest absolute Gasteiger partial charge is 0.265 e. The molecule has 2 aromatic heterocycles. The normalized spacial score (nSPS) is 27.7. The second-order valence-corrected chi connectivity index (χ2v) is 8.46. The van der Waals surface area contributed by atoms with Gasteiger partial charge in [-0.3, -0.25) is 0 Å². The first-order valence-corrected chi connectivity index (χ1v) is 10.2. The van der Waals surface area contributed by atoms with Gasteiger partial charge in [0.25, 0.3) is 5.92 Å². The topological polar surface area (TPSA) is 98.0 Å². The Morgan fingerprint density at radius 3 is 2.81 bits per heavy atom. The Balaban J connectivity index is 1.41. The second kappa shape index (κ2) is 7.42. The number of nitrogens with zero attached hydrogens (tertiary/aromatic N) is 5. The van der Waals surface area contributed by atoms with E-state index in [4.69, 9.17) is 4.74 Å². The average molecular weight is 440 g/mol. The standard InChI is InChI=1S/C22H22F2N6O2/c1-21-11-22(23,24)18(27-21)7-13(20(21)32-2)8-19-26-10-16(28-29-19)15-4-3-14(9-17(15)31)30-6-5-25-12-30/h3-6,8-10,12,18,20,27,31H,7,11H2,1-2H3/b13-8-/t18-,20-,21-/m1/s1. The van der Waals surface area contributed by atoms with Gasteiger partial charge in [0.2, 0.25) is 0 Å². The zero-order valence-corrected chi connectivity index (χ0v) is 17.5. The van der Waals surface area contributed by atoms with Crippen molar-refractivity contribution in [3.05, 3.63) is 54.5 Å². The Morgan fingerprint density at radius 2 is 2.16 bits per heavy atom. The van der Waals surface area contributed by atoms with Gasteiger partial charge in [-0.2, -0.15) is 0 Å². The third-order valence-electron chi connectivity index (χ3n) is 6.16. The Bertz CT molecular complexity index is 1170. The van der Waals surface area contributed by atoms with Crippen LogP contribution in [-0.4, -0.2) is 60.6 Å². The van der Waals surface area contributed by atoms with Crippen molar-refractivity contribution in [3.8, 4) is 22.7 Å². The number of methoxy groups -OCH3 is 1. The summed E-state index contributed by atoms with van der Waals surface area (Å²) in [5, 5.41) is 21.8. The fourth-order valence-electron chi connectivity index (χ4n) is 4.78. The predicted molar refractivity (Wildman–Crippen MR) is 112 cm³/mol. The van der Waals surface area contributed by atoms with E-state index in [9.17, 15) is 13.9 Å². The van der Waals surface area contributed by atoms with Gasteiger partial charge in [0.15, 0.2) is 5.82 Å². The fraction of sp³-hybridized carbons (Fsp3) is 0.364. The van der Waals surface area contributed by atoms with Crippen molar-refractivity contribution in [1.29, 1.82) is 0 Å². The molecular formula is C22H22F2N6O2. The number of alkyl halides is 2. The predicted octanol–water partition coefficient (Wildman–Crippen LogP) is 2.99. The molecule has 2 fully saturated rings. The Morgan fingerprint density at radius 1 is 1.31 bits per heavy atom. The van der Waals surface area contributed by atoms with Crippen LogP contribution in [0, 0.1) is 0 Å². The van der Waals surface area contributed by atoms with Gasteiger partial charge in [0, 0.05) is 37.6 Å². The maximum Gasteiger partial charge on any atom is 0.265 e. The number of phenolic OH excluding ortho intramolecular Hbond substituents is 1. The van der Waals surface area contributed by atoms with Crippen LogP contribution in [0.15, 0.2) is 48.7 Å². The number of hydrogen-bond acceptors (Lipinski definition) is 7. The summed E-state index contributed by atoms with van der Waals surface area (Å²) in [5.41, 5.74) is 1.48. The first-order chi connectivity index (χ1) is 15.3. The third kappa shape index (κ3) is 3.45. The third-order valence-corrected chi connectivity index (χ3v) is 6.16. The van der Waals surface area contributed by atoms with Gasteiger partial charge in [0.05, 0.1) is 35.9 Å². The molecule has 8 nitrogen and oxygen atoms in total. The molecule has 0 spiro atoms. The number of piperidine rings is 1. The van der Waals surface area contributed by atoms with Crippen molar-refractivity contribution in [3.63, 3.8) is 0 Å². The Hall–Kier alpha value is -3.24. The van der Waals surface area contributed by atoms with Gasteiger partial charge < -0.3 is 19.7 Å². The molecule has 0 amide bonds. The van der Waals surface area contributed by atoms with E-state index in [1.807, 2.05) is 6.07 Å². The number of hydrogen-bond donors (Lipinski definition) is 2. The average Bonchev–Trinajstić information content (AvgIpc) is 3.34. The number of fused-ring (bicyclic) bond motifs is 2. The van der Waals surface area contributed by atoms with Gasteiger partial charge in [-0.1, -0.05) is 0 Å². The summed E-state index contributed by atoms with van der Waals surface area (Å²) < 4.78 is 36.0. The largest absolute Gasteiger partial charge is 0.507 e. The molecule has 3 aromatic rings. The quantitative estimate of drug-likeness (QED) is 0.644. The van der Waals surface area contributed by atoms with Crippen molar-refractivity contribution in [2.24, 2.45) is 0 Å². The highest BCUT2D eigenvalue weighted by Crippen LogP contribution is 2.48. The number of aromatic nitrogens is 5. The van der Waals surface area contributed by atoms with Crippen molar-refractivity contribution in [2.45, 2.75) is 43.4 Å². The molecule has 2 bridgehead atoms. The molecule has 0 unspecified atom stereocenters. The first-order valence-electron chi connectivity index (χ1n) is 10.2. The van der Waals surface area contributed by atoms with Gasteiger partial charge in [0.1, 0.15) is 11.4 Å². The number of benzene rings is 1. The molecule has 1 aromatic carbocycles. The van der Waals surface area contributed by atoms with Crippen molar-refractivity contribution >= 4 is 6.08 Å². The van der Waals surface area contributed by atoms with Crippen LogP contribution in [0.2, 0.25) is 0 Å². The number of imidazole rings is 1. The lowest BCUT2D eigenvalue weighted by Crippen LogP contribution is -2.56. The van der Waals surface area contributed by atoms with Crippen LogP contribution < -0.4 is 5.32 Å². The van der Waals surface area contributed by atoms with Crippen LogP contribution in [-0.2, 0) is 4.74 Å². The molecule has 2 saturated heterocycles. The van der Waals surface area contributed by atoms with Crippen LogP contribution in [0.25, 0.3) is 23.0 Å². The molecule has 0 aliphatic carbocycles. The second-order valence-electron chi connectivity index (χ2n) is 8.46. The zero-order valence-electron chi connectivity index (χ0n) is 17.5.